The third kappa shape index (κ3) is 7.01. The van der Waals surface area contributed by atoms with E-state index >= 15 is 0 Å². The molecule has 1 aliphatic heterocycles. The van der Waals surface area contributed by atoms with E-state index in [1.807, 2.05) is 151 Å². The molecule has 0 bridgehead atoms. The van der Waals surface area contributed by atoms with Gasteiger partial charge in [-0.1, -0.05) is 107 Å². The summed E-state index contributed by atoms with van der Waals surface area (Å²) in [5.74, 6) is -0.746. The average molecular weight is 748 g/mol. The number of amides is 2. The number of hydrogen-bond donors (Lipinski definition) is 1. The molecule has 0 aliphatic carbocycles. The molecule has 0 atom stereocenters. The topological polar surface area (TPSA) is 103 Å². The largest absolute Gasteiger partial charge is 0.493 e. The number of halogens is 1. The fourth-order valence-corrected chi connectivity index (χ4v) is 6.02. The number of imide groups is 1. The number of benzene rings is 6. The number of hydrogen-bond acceptors (Lipinski definition) is 7. The van der Waals surface area contributed by atoms with Crippen LogP contribution in [0.1, 0.15) is 37.5 Å². The normalized spacial score (nSPS) is 12.4. The van der Waals surface area contributed by atoms with E-state index in [2.05, 4.69) is 31.2 Å². The van der Waals surface area contributed by atoms with Gasteiger partial charge in [0, 0.05) is 9.86 Å². The Balaban J connectivity index is 0.000000164. The van der Waals surface area contributed by atoms with Crippen LogP contribution >= 0.6 is 15.9 Å². The number of aryl methyl sites for hydroxylation is 1. The molecule has 1 aromatic heterocycles. The van der Waals surface area contributed by atoms with Gasteiger partial charge in [0.2, 0.25) is 5.88 Å². The lowest BCUT2D eigenvalue weighted by Crippen LogP contribution is -2.36. The van der Waals surface area contributed by atoms with Crippen molar-refractivity contribution in [1.29, 1.82) is 0 Å². The molecule has 0 fully saturated rings. The summed E-state index contributed by atoms with van der Waals surface area (Å²) in [5.41, 5.74) is 5.73. The van der Waals surface area contributed by atoms with Crippen molar-refractivity contribution >= 4 is 62.3 Å². The molecule has 1 aliphatic rings. The van der Waals surface area contributed by atoms with Crippen LogP contribution in [0.15, 0.2) is 166 Å². The third-order valence-corrected chi connectivity index (χ3v) is 8.86. The van der Waals surface area contributed by atoms with Crippen LogP contribution in [0.5, 0.6) is 5.88 Å². The minimum absolute atomic E-state index is 0.0634. The van der Waals surface area contributed by atoms with Crippen molar-refractivity contribution in [3.05, 3.63) is 184 Å². The quantitative estimate of drug-likeness (QED) is 0.0995. The maximum absolute atomic E-state index is 12.7. The molecule has 1 N–H and O–H groups in total. The molecule has 7 aromatic rings. The fraction of sp³-hybridized carbons (Fsp3) is 0.0238. The van der Waals surface area contributed by atoms with Crippen LogP contribution in [0, 0.1) is 6.92 Å². The summed E-state index contributed by atoms with van der Waals surface area (Å²) < 4.78 is 2.47. The SMILES string of the molecule is Cc1nn(-c2ccccc2)c(O)c1/C=N/N(c1ccccc1)c1ccccc1.O=C1c2cccc3cccc(c23)C(=O)N1/N=C/c1ccc(Br)cc1. The molecule has 0 saturated heterocycles. The fourth-order valence-electron chi connectivity index (χ4n) is 5.76. The van der Waals surface area contributed by atoms with E-state index in [4.69, 9.17) is 0 Å². The Bertz CT molecular complexity index is 2340. The van der Waals surface area contributed by atoms with E-state index in [-0.39, 0.29) is 5.88 Å². The molecule has 0 spiro atoms. The van der Waals surface area contributed by atoms with Crippen LogP contribution in [0.3, 0.4) is 0 Å². The molecule has 6 aromatic carbocycles. The first-order valence-electron chi connectivity index (χ1n) is 16.4. The molecule has 0 saturated carbocycles. The van der Waals surface area contributed by atoms with Gasteiger partial charge in [0.15, 0.2) is 0 Å². The first kappa shape index (κ1) is 33.8. The van der Waals surface area contributed by atoms with Gasteiger partial charge in [-0.15, -0.1) is 0 Å². The first-order chi connectivity index (χ1) is 25.4. The summed E-state index contributed by atoms with van der Waals surface area (Å²) in [6, 6.07) is 47.6. The second-order valence-corrected chi connectivity index (χ2v) is 12.6. The van der Waals surface area contributed by atoms with Gasteiger partial charge in [0.1, 0.15) is 0 Å². The monoisotopic (exact) mass is 746 g/mol. The molecule has 2 heterocycles. The zero-order valence-corrected chi connectivity index (χ0v) is 29.5. The highest BCUT2D eigenvalue weighted by Gasteiger charge is 2.32. The first-order valence-corrected chi connectivity index (χ1v) is 17.2. The number of rotatable bonds is 7. The summed E-state index contributed by atoms with van der Waals surface area (Å²) in [6.07, 6.45) is 3.16. The van der Waals surface area contributed by atoms with Gasteiger partial charge < -0.3 is 5.11 Å². The lowest BCUT2D eigenvalue weighted by atomic mass is 9.95. The van der Waals surface area contributed by atoms with E-state index < -0.39 is 11.8 Å². The van der Waals surface area contributed by atoms with Gasteiger partial charge >= 0.3 is 0 Å². The Morgan fingerprint density at radius 1 is 0.673 bits per heavy atom. The summed E-state index contributed by atoms with van der Waals surface area (Å²) >= 11 is 3.36. The van der Waals surface area contributed by atoms with Crippen LogP contribution in [0.25, 0.3) is 16.5 Å². The van der Waals surface area contributed by atoms with Gasteiger partial charge in [-0.05, 0) is 78.5 Å². The number of anilines is 2. The van der Waals surface area contributed by atoms with Gasteiger partial charge in [-0.3, -0.25) is 9.59 Å². The summed E-state index contributed by atoms with van der Waals surface area (Å²) in [5, 5.41) is 28.3. The molecular formula is C42H31BrN6O3. The van der Waals surface area contributed by atoms with Gasteiger partial charge in [0.25, 0.3) is 11.8 Å². The number of nitrogens with zero attached hydrogens (tertiary/aromatic N) is 6. The summed E-state index contributed by atoms with van der Waals surface area (Å²) in [4.78, 5) is 25.3. The molecule has 10 heteroatoms. The van der Waals surface area contributed by atoms with Crippen molar-refractivity contribution in [2.45, 2.75) is 6.92 Å². The molecule has 0 unspecified atom stereocenters. The Hall–Kier alpha value is -6.65. The Labute approximate surface area is 308 Å². The van der Waals surface area contributed by atoms with Crippen LogP contribution < -0.4 is 5.01 Å². The molecule has 2 amide bonds. The predicted octanol–water partition coefficient (Wildman–Crippen LogP) is 9.29. The minimum atomic E-state index is -0.405. The third-order valence-electron chi connectivity index (χ3n) is 8.33. The second kappa shape index (κ2) is 15.1. The summed E-state index contributed by atoms with van der Waals surface area (Å²) in [6.45, 7) is 1.86. The van der Waals surface area contributed by atoms with Crippen molar-refractivity contribution in [3.8, 4) is 11.6 Å². The lowest BCUT2D eigenvalue weighted by Gasteiger charge is -2.22. The van der Waals surface area contributed by atoms with Crippen LogP contribution in [-0.2, 0) is 0 Å². The number of hydrazone groups is 2. The highest BCUT2D eigenvalue weighted by atomic mass is 79.9. The lowest BCUT2D eigenvalue weighted by molar-refractivity contribution is 0.0616. The number of aromatic nitrogens is 2. The van der Waals surface area contributed by atoms with E-state index in [0.29, 0.717) is 27.8 Å². The Morgan fingerprint density at radius 2 is 1.21 bits per heavy atom. The predicted molar refractivity (Wildman–Crippen MR) is 209 cm³/mol. The standard InChI is InChI=1S/C23H20N4O.C19H11BrN2O2/c1-18-22(23(28)27(25-18)21-15-9-4-10-16-21)17-24-26(19-11-5-2-6-12-19)20-13-7-3-8-14-20;20-14-9-7-12(8-10-14)11-21-22-18(23)15-5-1-3-13-4-2-6-16(17(13)15)19(22)24/h2-17,28H,1H3;1-11H/b24-17+;21-11+. The molecule has 0 radical (unpaired) electrons. The van der Waals surface area contributed by atoms with Gasteiger partial charge in [0.05, 0.1) is 51.9 Å². The maximum Gasteiger partial charge on any atom is 0.282 e. The van der Waals surface area contributed by atoms with E-state index in [0.717, 1.165) is 37.5 Å². The molecule has 52 heavy (non-hydrogen) atoms. The van der Waals surface area contributed by atoms with E-state index in [1.165, 1.54) is 10.9 Å². The van der Waals surface area contributed by atoms with Crippen molar-refractivity contribution in [2.24, 2.45) is 10.2 Å². The van der Waals surface area contributed by atoms with Crippen molar-refractivity contribution in [2.75, 3.05) is 5.01 Å². The number of para-hydroxylation sites is 3. The van der Waals surface area contributed by atoms with Crippen molar-refractivity contribution in [3.63, 3.8) is 0 Å². The van der Waals surface area contributed by atoms with Crippen LogP contribution in [-0.4, -0.2) is 44.1 Å². The summed E-state index contributed by atoms with van der Waals surface area (Å²) in [7, 11) is 0. The van der Waals surface area contributed by atoms with E-state index in [1.54, 1.807) is 18.3 Å². The highest BCUT2D eigenvalue weighted by molar-refractivity contribution is 9.10. The van der Waals surface area contributed by atoms with Crippen molar-refractivity contribution < 1.29 is 14.7 Å². The van der Waals surface area contributed by atoms with Crippen molar-refractivity contribution in [1.82, 2.24) is 14.8 Å². The number of carbonyl (C=O) groups excluding carboxylic acids is 2. The second-order valence-electron chi connectivity index (χ2n) is 11.7. The molecule has 8 rings (SSSR count). The number of carbonyl (C=O) groups is 2. The van der Waals surface area contributed by atoms with Gasteiger partial charge in [-0.2, -0.15) is 20.3 Å². The molecular weight excluding hydrogens is 716 g/mol. The van der Waals surface area contributed by atoms with Crippen LogP contribution in [0.4, 0.5) is 11.4 Å². The zero-order chi connectivity index (χ0) is 36.0. The van der Waals surface area contributed by atoms with Gasteiger partial charge in [-0.25, -0.2) is 9.69 Å². The molecule has 254 valence electrons. The Morgan fingerprint density at radius 3 is 1.77 bits per heavy atom. The highest BCUT2D eigenvalue weighted by Crippen LogP contribution is 2.30. The average Bonchev–Trinajstić information content (AvgIpc) is 3.48. The molecule has 9 nitrogen and oxygen atoms in total. The van der Waals surface area contributed by atoms with Crippen LogP contribution in [0.2, 0.25) is 0 Å². The number of aromatic hydroxyl groups is 1. The maximum atomic E-state index is 12.7. The smallest absolute Gasteiger partial charge is 0.282 e. The zero-order valence-electron chi connectivity index (χ0n) is 27.9. The Kier molecular flexibility index (Phi) is 9.81. The van der Waals surface area contributed by atoms with E-state index in [9.17, 15) is 14.7 Å². The minimum Gasteiger partial charge on any atom is -0.493 e.